The van der Waals surface area contributed by atoms with Crippen molar-refractivity contribution in [3.63, 3.8) is 0 Å². The normalized spacial score (nSPS) is 11.1. The fraction of sp³-hybridized carbons (Fsp3) is 0.269. The third-order valence-corrected chi connectivity index (χ3v) is 7.33. The largest absolute Gasteiger partial charge is 0.497 e. The molecule has 0 atom stereocenters. The van der Waals surface area contributed by atoms with Gasteiger partial charge in [0.15, 0.2) is 0 Å². The van der Waals surface area contributed by atoms with Crippen molar-refractivity contribution >= 4 is 27.3 Å². The van der Waals surface area contributed by atoms with E-state index < -0.39 is 22.5 Å². The molecule has 0 aromatic heterocycles. The van der Waals surface area contributed by atoms with E-state index in [9.17, 15) is 13.2 Å². The number of sulfonamides is 1. The Kier molecular flexibility index (Phi) is 7.83. The second kappa shape index (κ2) is 10.6. The van der Waals surface area contributed by atoms with Crippen molar-refractivity contribution < 1.29 is 22.7 Å². The van der Waals surface area contributed by atoms with E-state index in [0.29, 0.717) is 11.4 Å². The van der Waals surface area contributed by atoms with Gasteiger partial charge in [-0.1, -0.05) is 42.8 Å². The molecule has 0 unspecified atom stereocenters. The lowest BCUT2D eigenvalue weighted by Gasteiger charge is -2.26. The number of amides is 1. The van der Waals surface area contributed by atoms with Gasteiger partial charge in [-0.15, -0.1) is 0 Å². The Hall–Kier alpha value is -3.52. The molecule has 3 rings (SSSR count). The summed E-state index contributed by atoms with van der Waals surface area (Å²) in [7, 11) is -1.13. The van der Waals surface area contributed by atoms with Gasteiger partial charge in [0, 0.05) is 11.8 Å². The lowest BCUT2D eigenvalue weighted by atomic mass is 10.1. The highest BCUT2D eigenvalue weighted by Gasteiger charge is 2.30. The number of carbonyl (C=O) groups is 1. The molecule has 0 bridgehead atoms. The first-order chi connectivity index (χ1) is 16.2. The Balaban J connectivity index is 2.06. The van der Waals surface area contributed by atoms with Gasteiger partial charge in [0.1, 0.15) is 18.0 Å². The summed E-state index contributed by atoms with van der Waals surface area (Å²) in [6, 6.07) is 17.1. The molecular formula is C26H30N2O5S. The van der Waals surface area contributed by atoms with Crippen molar-refractivity contribution in [3.05, 3.63) is 77.4 Å². The molecule has 3 aromatic carbocycles. The molecule has 0 radical (unpaired) electrons. The van der Waals surface area contributed by atoms with Crippen molar-refractivity contribution in [3.8, 4) is 11.5 Å². The SMILES string of the molecule is CCc1cccc(C)c1NC(=O)CN(c1ccc(OC)cc1OC)S(=O)(=O)c1ccc(C)cc1. The highest BCUT2D eigenvalue weighted by molar-refractivity contribution is 7.92. The molecule has 0 spiro atoms. The first-order valence-corrected chi connectivity index (χ1v) is 12.3. The lowest BCUT2D eigenvalue weighted by Crippen LogP contribution is -2.38. The molecule has 1 N–H and O–H groups in total. The average Bonchev–Trinajstić information content (AvgIpc) is 2.83. The summed E-state index contributed by atoms with van der Waals surface area (Å²) in [4.78, 5) is 13.3. The van der Waals surface area contributed by atoms with Gasteiger partial charge in [-0.2, -0.15) is 0 Å². The Morgan fingerprint density at radius 3 is 2.29 bits per heavy atom. The van der Waals surface area contributed by atoms with Crippen molar-refractivity contribution in [2.75, 3.05) is 30.4 Å². The Morgan fingerprint density at radius 2 is 1.68 bits per heavy atom. The standard InChI is InChI=1S/C26H30N2O5S/c1-6-20-9-7-8-19(3)26(20)27-25(29)17-28(23-15-12-21(32-4)16-24(23)33-5)34(30,31)22-13-10-18(2)11-14-22/h7-16H,6,17H2,1-5H3,(H,27,29). The number of rotatable bonds is 9. The van der Waals surface area contributed by atoms with Gasteiger partial charge in [-0.3, -0.25) is 9.10 Å². The molecule has 0 heterocycles. The zero-order chi connectivity index (χ0) is 24.9. The second-order valence-corrected chi connectivity index (χ2v) is 9.74. The summed E-state index contributed by atoms with van der Waals surface area (Å²) < 4.78 is 39.2. The minimum atomic E-state index is -4.08. The molecule has 0 saturated heterocycles. The number of anilines is 2. The Labute approximate surface area is 201 Å². The third kappa shape index (κ3) is 5.34. The van der Waals surface area contributed by atoms with Gasteiger partial charge in [0.05, 0.1) is 24.8 Å². The molecular weight excluding hydrogens is 452 g/mol. The lowest BCUT2D eigenvalue weighted by molar-refractivity contribution is -0.114. The summed E-state index contributed by atoms with van der Waals surface area (Å²) in [6.07, 6.45) is 0.731. The van der Waals surface area contributed by atoms with Crippen LogP contribution in [0.25, 0.3) is 0 Å². The van der Waals surface area contributed by atoms with Gasteiger partial charge >= 0.3 is 0 Å². The van der Waals surface area contributed by atoms with E-state index in [4.69, 9.17) is 9.47 Å². The number of carbonyl (C=O) groups excluding carboxylic acids is 1. The van der Waals surface area contributed by atoms with Gasteiger partial charge in [-0.05, 0) is 55.7 Å². The van der Waals surface area contributed by atoms with Crippen LogP contribution in [0.3, 0.4) is 0 Å². The minimum Gasteiger partial charge on any atom is -0.497 e. The van der Waals surface area contributed by atoms with Crippen LogP contribution in [0, 0.1) is 13.8 Å². The molecule has 0 aliphatic heterocycles. The summed E-state index contributed by atoms with van der Waals surface area (Å²) in [5.41, 5.74) is 3.74. The smallest absolute Gasteiger partial charge is 0.264 e. The number of hydrogen-bond acceptors (Lipinski definition) is 5. The van der Waals surface area contributed by atoms with Gasteiger partial charge in [0.2, 0.25) is 5.91 Å². The molecule has 0 saturated carbocycles. The summed E-state index contributed by atoms with van der Waals surface area (Å²) >= 11 is 0. The van der Waals surface area contributed by atoms with Crippen LogP contribution in [0.5, 0.6) is 11.5 Å². The van der Waals surface area contributed by atoms with Crippen molar-refractivity contribution in [1.82, 2.24) is 0 Å². The van der Waals surface area contributed by atoms with Crippen molar-refractivity contribution in [2.45, 2.75) is 32.1 Å². The van der Waals surface area contributed by atoms with Crippen LogP contribution < -0.4 is 19.1 Å². The highest BCUT2D eigenvalue weighted by Crippen LogP contribution is 2.35. The molecule has 0 aliphatic carbocycles. The van der Waals surface area contributed by atoms with Crippen molar-refractivity contribution in [1.29, 1.82) is 0 Å². The number of hydrogen-bond donors (Lipinski definition) is 1. The highest BCUT2D eigenvalue weighted by atomic mass is 32.2. The quantitative estimate of drug-likeness (QED) is 0.477. The first-order valence-electron chi connectivity index (χ1n) is 10.9. The van der Waals surface area contributed by atoms with Crippen LogP contribution in [0.1, 0.15) is 23.6 Å². The van der Waals surface area contributed by atoms with Gasteiger partial charge in [0.25, 0.3) is 10.0 Å². The predicted octanol–water partition coefficient (Wildman–Crippen LogP) is 4.72. The molecule has 34 heavy (non-hydrogen) atoms. The van der Waals surface area contributed by atoms with E-state index in [2.05, 4.69) is 5.32 Å². The maximum Gasteiger partial charge on any atom is 0.264 e. The maximum atomic E-state index is 13.7. The summed E-state index contributed by atoms with van der Waals surface area (Å²) in [5.74, 6) is 0.316. The van der Waals surface area contributed by atoms with Crippen LogP contribution in [-0.4, -0.2) is 35.1 Å². The molecule has 3 aromatic rings. The van der Waals surface area contributed by atoms with Crippen LogP contribution >= 0.6 is 0 Å². The average molecular weight is 483 g/mol. The van der Waals surface area contributed by atoms with Crippen LogP contribution in [-0.2, 0) is 21.2 Å². The second-order valence-electron chi connectivity index (χ2n) is 7.87. The van der Waals surface area contributed by atoms with E-state index >= 15 is 0 Å². The zero-order valence-corrected chi connectivity index (χ0v) is 20.9. The Bertz CT molecular complexity index is 1270. The van der Waals surface area contributed by atoms with Crippen LogP contribution in [0.2, 0.25) is 0 Å². The first kappa shape index (κ1) is 25.1. The van der Waals surface area contributed by atoms with Crippen LogP contribution in [0.4, 0.5) is 11.4 Å². The van der Waals surface area contributed by atoms with Gasteiger partial charge < -0.3 is 14.8 Å². The predicted molar refractivity (Wildman–Crippen MR) is 134 cm³/mol. The fourth-order valence-electron chi connectivity index (χ4n) is 3.64. The van der Waals surface area contributed by atoms with Gasteiger partial charge in [-0.25, -0.2) is 8.42 Å². The molecule has 1 amide bonds. The monoisotopic (exact) mass is 482 g/mol. The number of aryl methyl sites for hydroxylation is 3. The summed E-state index contributed by atoms with van der Waals surface area (Å²) in [6.45, 7) is 5.35. The van der Waals surface area contributed by atoms with Crippen LogP contribution in [0.15, 0.2) is 65.6 Å². The number of benzene rings is 3. The molecule has 0 fully saturated rings. The van der Waals surface area contributed by atoms with E-state index in [1.807, 2.05) is 39.0 Å². The minimum absolute atomic E-state index is 0.0777. The number of para-hydroxylation sites is 1. The van der Waals surface area contributed by atoms with E-state index in [-0.39, 0.29) is 16.3 Å². The number of ether oxygens (including phenoxy) is 2. The molecule has 180 valence electrons. The number of nitrogens with zero attached hydrogens (tertiary/aromatic N) is 1. The topological polar surface area (TPSA) is 84.9 Å². The number of methoxy groups -OCH3 is 2. The molecule has 7 nitrogen and oxygen atoms in total. The van der Waals surface area contributed by atoms with E-state index in [1.165, 1.54) is 26.4 Å². The summed E-state index contributed by atoms with van der Waals surface area (Å²) in [5, 5.41) is 2.91. The zero-order valence-electron chi connectivity index (χ0n) is 20.1. The maximum absolute atomic E-state index is 13.7. The third-order valence-electron chi connectivity index (χ3n) is 5.56. The van der Waals surface area contributed by atoms with E-state index in [1.54, 1.807) is 30.3 Å². The van der Waals surface area contributed by atoms with E-state index in [0.717, 1.165) is 27.4 Å². The van der Waals surface area contributed by atoms with Crippen molar-refractivity contribution in [2.24, 2.45) is 0 Å². The Morgan fingerprint density at radius 1 is 0.971 bits per heavy atom. The fourth-order valence-corrected chi connectivity index (χ4v) is 5.07. The molecule has 0 aliphatic rings. The number of nitrogens with one attached hydrogen (secondary N) is 1. The molecule has 8 heteroatoms.